The summed E-state index contributed by atoms with van der Waals surface area (Å²) in [6, 6.07) is 0. The smallest absolute Gasteiger partial charge is 0.239 e. The van der Waals surface area contributed by atoms with Crippen molar-refractivity contribution in [3.8, 4) is 0 Å². The van der Waals surface area contributed by atoms with Gasteiger partial charge in [0, 0.05) is 25.7 Å². The van der Waals surface area contributed by atoms with Crippen molar-refractivity contribution >= 4 is 11.9 Å². The van der Waals surface area contributed by atoms with E-state index in [1.807, 2.05) is 20.8 Å². The van der Waals surface area contributed by atoms with E-state index in [9.17, 15) is 4.79 Å². The van der Waals surface area contributed by atoms with Gasteiger partial charge < -0.3 is 20.7 Å². The molecule has 0 spiro atoms. The average Bonchev–Trinajstić information content (AvgIpc) is 2.56. The number of ether oxygens (including phenoxy) is 1. The fourth-order valence-electron chi connectivity index (χ4n) is 2.94. The molecule has 1 saturated carbocycles. The third-order valence-corrected chi connectivity index (χ3v) is 4.17. The van der Waals surface area contributed by atoms with Crippen molar-refractivity contribution in [1.82, 2.24) is 16.0 Å². The monoisotopic (exact) mass is 354 g/mol. The molecule has 0 saturated heterocycles. The Morgan fingerprint density at radius 2 is 1.80 bits per heavy atom. The minimum absolute atomic E-state index is 0.0321. The Bertz CT molecular complexity index is 399. The molecule has 0 atom stereocenters. The van der Waals surface area contributed by atoms with Crippen LogP contribution in [0.25, 0.3) is 0 Å². The molecule has 0 unspecified atom stereocenters. The van der Waals surface area contributed by atoms with Crippen LogP contribution in [-0.2, 0) is 9.53 Å². The Balaban J connectivity index is 2.00. The molecule has 0 aromatic carbocycles. The minimum atomic E-state index is -0.213. The molecule has 1 amide bonds. The molecule has 3 N–H and O–H groups in total. The summed E-state index contributed by atoms with van der Waals surface area (Å²) >= 11 is 0. The lowest BCUT2D eigenvalue weighted by Gasteiger charge is -2.22. The molecule has 6 nitrogen and oxygen atoms in total. The maximum atomic E-state index is 11.8. The van der Waals surface area contributed by atoms with Gasteiger partial charge in [0.2, 0.25) is 5.91 Å². The fraction of sp³-hybridized carbons (Fsp3) is 0.895. The number of aliphatic imine (C=N–C) groups is 1. The highest BCUT2D eigenvalue weighted by atomic mass is 16.5. The summed E-state index contributed by atoms with van der Waals surface area (Å²) < 4.78 is 5.94. The molecule has 25 heavy (non-hydrogen) atoms. The van der Waals surface area contributed by atoms with Crippen LogP contribution in [-0.4, -0.2) is 50.3 Å². The second-order valence-corrected chi connectivity index (χ2v) is 7.84. The van der Waals surface area contributed by atoms with Gasteiger partial charge in [0.05, 0.1) is 12.6 Å². The molecule has 0 aliphatic heterocycles. The summed E-state index contributed by atoms with van der Waals surface area (Å²) in [5, 5.41) is 9.20. The molecule has 0 bridgehead atoms. The Morgan fingerprint density at radius 3 is 2.44 bits per heavy atom. The first kappa shape index (κ1) is 21.7. The van der Waals surface area contributed by atoms with Gasteiger partial charge in [-0.2, -0.15) is 0 Å². The first-order valence-corrected chi connectivity index (χ1v) is 9.78. The quantitative estimate of drug-likeness (QED) is 0.338. The van der Waals surface area contributed by atoms with E-state index in [-0.39, 0.29) is 18.0 Å². The van der Waals surface area contributed by atoms with Crippen molar-refractivity contribution in [3.63, 3.8) is 0 Å². The zero-order valence-electron chi connectivity index (χ0n) is 16.6. The molecular formula is C19H38N4O2. The lowest BCUT2D eigenvalue weighted by Crippen LogP contribution is -2.48. The lowest BCUT2D eigenvalue weighted by atomic mass is 9.98. The van der Waals surface area contributed by atoms with E-state index in [0.29, 0.717) is 12.1 Å². The van der Waals surface area contributed by atoms with Gasteiger partial charge in [-0.3, -0.25) is 9.79 Å². The Morgan fingerprint density at radius 1 is 1.08 bits per heavy atom. The minimum Gasteiger partial charge on any atom is -0.378 e. The van der Waals surface area contributed by atoms with Crippen LogP contribution in [0, 0.1) is 0 Å². The van der Waals surface area contributed by atoms with Gasteiger partial charge in [0.1, 0.15) is 0 Å². The maximum absolute atomic E-state index is 11.8. The highest BCUT2D eigenvalue weighted by Gasteiger charge is 2.14. The van der Waals surface area contributed by atoms with Crippen molar-refractivity contribution in [2.24, 2.45) is 4.99 Å². The van der Waals surface area contributed by atoms with Crippen molar-refractivity contribution in [2.45, 2.75) is 83.8 Å². The highest BCUT2D eigenvalue weighted by molar-refractivity contribution is 5.86. The molecule has 1 rings (SSSR count). The summed E-state index contributed by atoms with van der Waals surface area (Å²) in [6.07, 6.45) is 10.3. The predicted molar refractivity (Wildman–Crippen MR) is 104 cm³/mol. The Labute approximate surface area is 153 Å². The number of nitrogens with zero attached hydrogens (tertiary/aromatic N) is 1. The van der Waals surface area contributed by atoms with E-state index in [0.717, 1.165) is 32.4 Å². The number of rotatable bonds is 9. The first-order valence-electron chi connectivity index (χ1n) is 9.78. The summed E-state index contributed by atoms with van der Waals surface area (Å²) in [5.41, 5.74) is -0.213. The van der Waals surface area contributed by atoms with Crippen molar-refractivity contribution in [1.29, 1.82) is 0 Å². The number of unbranched alkanes of at least 4 members (excludes halogenated alkanes) is 2. The molecule has 0 radical (unpaired) electrons. The van der Waals surface area contributed by atoms with E-state index < -0.39 is 0 Å². The fourth-order valence-corrected chi connectivity index (χ4v) is 2.94. The molecule has 1 aliphatic rings. The van der Waals surface area contributed by atoms with E-state index in [1.165, 1.54) is 32.1 Å². The van der Waals surface area contributed by atoms with Crippen LogP contribution in [0.15, 0.2) is 4.99 Å². The molecule has 1 fully saturated rings. The van der Waals surface area contributed by atoms with Crippen LogP contribution in [0.2, 0.25) is 0 Å². The third-order valence-electron chi connectivity index (χ3n) is 4.17. The van der Waals surface area contributed by atoms with E-state index in [2.05, 4.69) is 20.9 Å². The Hall–Kier alpha value is -1.30. The van der Waals surface area contributed by atoms with Crippen LogP contribution in [0.3, 0.4) is 0 Å². The van der Waals surface area contributed by atoms with E-state index in [4.69, 9.17) is 4.74 Å². The van der Waals surface area contributed by atoms with Gasteiger partial charge in [-0.05, 0) is 52.9 Å². The number of carbonyl (C=O) groups excluding carboxylic acids is 1. The van der Waals surface area contributed by atoms with Gasteiger partial charge >= 0.3 is 0 Å². The number of carbonyl (C=O) groups is 1. The van der Waals surface area contributed by atoms with Gasteiger partial charge in [-0.15, -0.1) is 0 Å². The summed E-state index contributed by atoms with van der Waals surface area (Å²) in [5.74, 6) is 0.637. The lowest BCUT2D eigenvalue weighted by molar-refractivity contribution is -0.121. The summed E-state index contributed by atoms with van der Waals surface area (Å²) in [7, 11) is 1.72. The van der Waals surface area contributed by atoms with Gasteiger partial charge in [0.15, 0.2) is 5.96 Å². The number of hydrogen-bond donors (Lipinski definition) is 3. The van der Waals surface area contributed by atoms with Gasteiger partial charge in [-0.1, -0.05) is 19.3 Å². The maximum Gasteiger partial charge on any atom is 0.239 e. The molecule has 0 aromatic heterocycles. The van der Waals surface area contributed by atoms with Gasteiger partial charge in [0.25, 0.3) is 0 Å². The standard InChI is InChI=1S/C19H38N4O2/c1-19(2,3)23-17(24)15-22-18(20-4)21-13-9-6-10-14-25-16-11-7-5-8-12-16/h16H,5-15H2,1-4H3,(H,23,24)(H2,20,21,22). The normalized spacial score (nSPS) is 16.6. The van der Waals surface area contributed by atoms with Crippen LogP contribution in [0.4, 0.5) is 0 Å². The molecule has 1 aliphatic carbocycles. The van der Waals surface area contributed by atoms with E-state index in [1.54, 1.807) is 7.05 Å². The zero-order chi connectivity index (χ0) is 18.5. The van der Waals surface area contributed by atoms with E-state index >= 15 is 0 Å². The molecular weight excluding hydrogens is 316 g/mol. The van der Waals surface area contributed by atoms with Crippen LogP contribution >= 0.6 is 0 Å². The number of nitrogens with one attached hydrogen (secondary N) is 3. The highest BCUT2D eigenvalue weighted by Crippen LogP contribution is 2.20. The molecule has 0 aromatic rings. The molecule has 6 heteroatoms. The largest absolute Gasteiger partial charge is 0.378 e. The summed E-state index contributed by atoms with van der Waals surface area (Å²) in [6.45, 7) is 7.86. The Kier molecular flexibility index (Phi) is 10.5. The van der Waals surface area contributed by atoms with Crippen molar-refractivity contribution < 1.29 is 9.53 Å². The number of guanidine groups is 1. The van der Waals surface area contributed by atoms with Gasteiger partial charge in [-0.25, -0.2) is 0 Å². The molecule has 146 valence electrons. The zero-order valence-corrected chi connectivity index (χ0v) is 16.6. The second-order valence-electron chi connectivity index (χ2n) is 7.84. The summed E-state index contributed by atoms with van der Waals surface area (Å²) in [4.78, 5) is 15.9. The number of hydrogen-bond acceptors (Lipinski definition) is 3. The number of amides is 1. The topological polar surface area (TPSA) is 74.8 Å². The third kappa shape index (κ3) is 11.8. The van der Waals surface area contributed by atoms with Crippen LogP contribution in [0.5, 0.6) is 0 Å². The predicted octanol–water partition coefficient (Wildman–Crippen LogP) is 2.59. The SMILES string of the molecule is CN=C(NCCCCCOC1CCCCC1)NCC(=O)NC(C)(C)C. The first-order chi connectivity index (χ1) is 11.9. The van der Waals surface area contributed by atoms with Crippen molar-refractivity contribution in [3.05, 3.63) is 0 Å². The van der Waals surface area contributed by atoms with Crippen LogP contribution in [0.1, 0.15) is 72.1 Å². The van der Waals surface area contributed by atoms with Crippen molar-refractivity contribution in [2.75, 3.05) is 26.7 Å². The molecule has 0 heterocycles. The van der Waals surface area contributed by atoms with Crippen LogP contribution < -0.4 is 16.0 Å². The second kappa shape index (κ2) is 12.1. The average molecular weight is 355 g/mol.